The molecule has 0 aromatic carbocycles. The van der Waals surface area contributed by atoms with E-state index in [1.807, 2.05) is 0 Å². The van der Waals surface area contributed by atoms with Crippen molar-refractivity contribution in [2.24, 2.45) is 4.99 Å². The van der Waals surface area contributed by atoms with Gasteiger partial charge in [-0.25, -0.2) is 0 Å². The molecule has 0 saturated heterocycles. The van der Waals surface area contributed by atoms with E-state index in [1.165, 1.54) is 44.9 Å². The van der Waals surface area contributed by atoms with Crippen molar-refractivity contribution in [2.45, 2.75) is 98.1 Å². The van der Waals surface area contributed by atoms with Crippen LogP contribution < -0.4 is 0 Å². The average Bonchev–Trinajstić information content (AvgIpc) is 2.47. The van der Waals surface area contributed by atoms with E-state index in [9.17, 15) is 0 Å². The molecular weight excluding hydrogens is 268 g/mol. The van der Waals surface area contributed by atoms with Crippen molar-refractivity contribution in [3.8, 4) is 0 Å². The van der Waals surface area contributed by atoms with Gasteiger partial charge in [-0.05, 0) is 52.5 Å². The lowest BCUT2D eigenvalue weighted by molar-refractivity contribution is 0.154. The summed E-state index contributed by atoms with van der Waals surface area (Å²) in [6.07, 6.45) is 12.4. The minimum atomic E-state index is 0.571. The van der Waals surface area contributed by atoms with Gasteiger partial charge in [0.15, 0.2) is 0 Å². The summed E-state index contributed by atoms with van der Waals surface area (Å²) < 4.78 is 0. The second-order valence-corrected chi connectivity index (χ2v) is 6.88. The van der Waals surface area contributed by atoms with E-state index in [4.69, 9.17) is 0 Å². The summed E-state index contributed by atoms with van der Waals surface area (Å²) >= 11 is 0. The fourth-order valence-corrected chi connectivity index (χ4v) is 3.56. The van der Waals surface area contributed by atoms with E-state index in [0.29, 0.717) is 12.1 Å². The van der Waals surface area contributed by atoms with Gasteiger partial charge in [0.2, 0.25) is 0 Å². The third kappa shape index (κ3) is 5.98. The van der Waals surface area contributed by atoms with Crippen LogP contribution in [0.25, 0.3) is 0 Å². The number of nitrogens with zero attached hydrogens (tertiary/aromatic N) is 2. The van der Waals surface area contributed by atoms with Crippen LogP contribution in [0.1, 0.15) is 86.0 Å². The minimum Gasteiger partial charge on any atom is -0.366 e. The van der Waals surface area contributed by atoms with Crippen LogP contribution in [-0.4, -0.2) is 22.7 Å². The van der Waals surface area contributed by atoms with Gasteiger partial charge >= 0.3 is 0 Å². The smallest absolute Gasteiger partial charge is 0.0420 e. The fourth-order valence-electron chi connectivity index (χ4n) is 3.56. The highest BCUT2D eigenvalue weighted by Crippen LogP contribution is 2.29. The Morgan fingerprint density at radius 1 is 1.23 bits per heavy atom. The van der Waals surface area contributed by atoms with Crippen LogP contribution in [-0.2, 0) is 0 Å². The molecule has 2 heteroatoms. The Morgan fingerprint density at radius 3 is 2.36 bits per heavy atom. The average molecular weight is 305 g/mol. The lowest BCUT2D eigenvalue weighted by Gasteiger charge is -2.41. The molecule has 1 fully saturated rings. The third-order valence-corrected chi connectivity index (χ3v) is 4.54. The molecule has 0 bridgehead atoms. The van der Waals surface area contributed by atoms with Crippen molar-refractivity contribution in [3.05, 3.63) is 24.0 Å². The topological polar surface area (TPSA) is 15.6 Å². The molecule has 0 aromatic rings. The molecule has 0 spiro atoms. The molecule has 22 heavy (non-hydrogen) atoms. The van der Waals surface area contributed by atoms with Crippen LogP contribution in [0, 0.1) is 0 Å². The van der Waals surface area contributed by atoms with Crippen molar-refractivity contribution in [2.75, 3.05) is 0 Å². The van der Waals surface area contributed by atoms with Gasteiger partial charge in [-0.2, -0.15) is 0 Å². The molecular formula is C20H36N2. The van der Waals surface area contributed by atoms with Crippen molar-refractivity contribution in [1.82, 2.24) is 4.90 Å². The van der Waals surface area contributed by atoms with Gasteiger partial charge in [-0.3, -0.25) is 4.99 Å². The molecule has 0 heterocycles. The molecule has 0 unspecified atom stereocenters. The summed E-state index contributed by atoms with van der Waals surface area (Å²) in [6, 6.07) is 1.24. The molecule has 126 valence electrons. The van der Waals surface area contributed by atoms with Crippen LogP contribution in [0.15, 0.2) is 29.0 Å². The Hall–Kier alpha value is -1.05. The van der Waals surface area contributed by atoms with Crippen LogP contribution in [0.4, 0.5) is 0 Å². The molecule has 1 atom stereocenters. The third-order valence-electron chi connectivity index (χ3n) is 4.54. The molecule has 1 aliphatic carbocycles. The molecule has 1 rings (SSSR count). The summed E-state index contributed by atoms with van der Waals surface area (Å²) in [6.45, 7) is 15.3. The first-order valence-electron chi connectivity index (χ1n) is 9.19. The van der Waals surface area contributed by atoms with E-state index in [2.05, 4.69) is 57.2 Å². The van der Waals surface area contributed by atoms with Crippen LogP contribution in [0.3, 0.4) is 0 Å². The lowest BCUT2D eigenvalue weighted by Crippen LogP contribution is -2.41. The Labute approximate surface area is 138 Å². The van der Waals surface area contributed by atoms with Gasteiger partial charge in [-0.15, -0.1) is 0 Å². The molecule has 0 aliphatic heterocycles. The monoisotopic (exact) mass is 304 g/mol. The number of hydrogen-bond donors (Lipinski definition) is 0. The van der Waals surface area contributed by atoms with Crippen LogP contribution in [0.2, 0.25) is 0 Å². The Balaban J connectivity index is 2.95. The highest BCUT2D eigenvalue weighted by atomic mass is 15.2. The highest BCUT2D eigenvalue weighted by molar-refractivity contribution is 5.80. The Kier molecular flexibility index (Phi) is 8.52. The second kappa shape index (κ2) is 9.86. The number of rotatable bonds is 8. The molecule has 0 aromatic heterocycles. The summed E-state index contributed by atoms with van der Waals surface area (Å²) in [5, 5.41) is 0. The highest BCUT2D eigenvalue weighted by Gasteiger charge is 2.25. The Bertz CT molecular complexity index is 396. The van der Waals surface area contributed by atoms with Gasteiger partial charge in [0.1, 0.15) is 0 Å². The minimum absolute atomic E-state index is 0.571. The quantitative estimate of drug-likeness (QED) is 0.391. The van der Waals surface area contributed by atoms with Crippen molar-refractivity contribution in [1.29, 1.82) is 0 Å². The molecule has 1 saturated carbocycles. The summed E-state index contributed by atoms with van der Waals surface area (Å²) in [5.74, 6) is 0. The predicted octanol–water partition coefficient (Wildman–Crippen LogP) is 6.10. The first-order chi connectivity index (χ1) is 10.5. The number of aliphatic imine (C=N–C) groups is 1. The maximum atomic E-state index is 4.66. The van der Waals surface area contributed by atoms with Crippen molar-refractivity contribution in [3.63, 3.8) is 0 Å². The van der Waals surface area contributed by atoms with E-state index in [-0.39, 0.29) is 0 Å². The second-order valence-electron chi connectivity index (χ2n) is 6.88. The van der Waals surface area contributed by atoms with Crippen LogP contribution in [0.5, 0.6) is 0 Å². The Morgan fingerprint density at radius 2 is 1.86 bits per heavy atom. The van der Waals surface area contributed by atoms with Crippen LogP contribution >= 0.6 is 0 Å². The van der Waals surface area contributed by atoms with Gasteiger partial charge < -0.3 is 4.90 Å². The first-order valence-corrected chi connectivity index (χ1v) is 9.19. The molecule has 0 amide bonds. The first kappa shape index (κ1) is 19.0. The largest absolute Gasteiger partial charge is 0.366 e. The zero-order chi connectivity index (χ0) is 16.5. The molecule has 1 aliphatic rings. The number of allylic oxidation sites excluding steroid dienone is 2. The van der Waals surface area contributed by atoms with Crippen molar-refractivity contribution < 1.29 is 0 Å². The van der Waals surface area contributed by atoms with E-state index in [0.717, 1.165) is 23.5 Å². The zero-order valence-electron chi connectivity index (χ0n) is 15.5. The maximum Gasteiger partial charge on any atom is 0.0420 e. The zero-order valence-corrected chi connectivity index (χ0v) is 15.5. The standard InChI is InChI=1S/C20H36N2/c1-7-12-17(5)22(20-13-10-9-11-14-20)18(6)15-19(8-2)21-16(3)4/h15,17,20H,6-14H2,1-5H3/b19-15-/t17-/m0/s1. The van der Waals surface area contributed by atoms with E-state index >= 15 is 0 Å². The van der Waals surface area contributed by atoms with Gasteiger partial charge in [0.05, 0.1) is 0 Å². The van der Waals surface area contributed by atoms with Gasteiger partial charge in [0.25, 0.3) is 0 Å². The normalized spacial score (nSPS) is 18.0. The molecule has 2 nitrogen and oxygen atoms in total. The van der Waals surface area contributed by atoms with Crippen molar-refractivity contribution >= 4 is 5.71 Å². The van der Waals surface area contributed by atoms with Gasteiger partial charge in [0, 0.05) is 29.2 Å². The summed E-state index contributed by atoms with van der Waals surface area (Å²) in [7, 11) is 0. The fraction of sp³-hybridized carbons (Fsp3) is 0.750. The molecule has 0 N–H and O–H groups in total. The summed E-state index contributed by atoms with van der Waals surface area (Å²) in [4.78, 5) is 7.25. The number of hydrogen-bond acceptors (Lipinski definition) is 2. The predicted molar refractivity (Wildman–Crippen MR) is 99.4 cm³/mol. The lowest BCUT2D eigenvalue weighted by atomic mass is 9.92. The van der Waals surface area contributed by atoms with Gasteiger partial charge in [-0.1, -0.05) is 46.1 Å². The van der Waals surface area contributed by atoms with E-state index < -0.39 is 0 Å². The maximum absolute atomic E-state index is 4.66. The summed E-state index contributed by atoms with van der Waals surface area (Å²) in [5.41, 5.74) is 3.43. The molecule has 0 radical (unpaired) electrons. The van der Waals surface area contributed by atoms with E-state index in [1.54, 1.807) is 0 Å². The SMILES string of the molecule is C=C(/C=C(/CC)N=C(C)C)N(C1CCCCC1)[C@@H](C)CCC.